The summed E-state index contributed by atoms with van der Waals surface area (Å²) >= 11 is 0. The predicted octanol–water partition coefficient (Wildman–Crippen LogP) is 16.2. The van der Waals surface area contributed by atoms with E-state index in [9.17, 15) is 25.9 Å². The zero-order valence-corrected chi connectivity index (χ0v) is 44.9. The summed E-state index contributed by atoms with van der Waals surface area (Å²) in [5.74, 6) is 0.403. The van der Waals surface area contributed by atoms with Crippen LogP contribution in [0.3, 0.4) is 0 Å². The van der Waals surface area contributed by atoms with Crippen molar-refractivity contribution in [1.82, 2.24) is 0 Å². The maximum Gasteiger partial charge on any atom is 2.00 e. The Kier molecular flexibility index (Phi) is 56.5. The van der Waals surface area contributed by atoms with Gasteiger partial charge in [0.1, 0.15) is 0 Å². The van der Waals surface area contributed by atoms with Gasteiger partial charge in [0.05, 0.1) is 13.2 Å². The Morgan fingerprint density at radius 2 is 0.443 bits per heavy atom. The third-order valence-corrected chi connectivity index (χ3v) is 13.1. The van der Waals surface area contributed by atoms with Crippen LogP contribution in [0.5, 0.6) is 0 Å². The van der Waals surface area contributed by atoms with Gasteiger partial charge in [-0.3, -0.25) is 8.37 Å². The fraction of sp³-hybridized carbons (Fsp3) is 1.00. The van der Waals surface area contributed by atoms with Gasteiger partial charge in [-0.1, -0.05) is 272 Å². The molecule has 0 aromatic carbocycles. The van der Waals surface area contributed by atoms with Crippen LogP contribution < -0.4 is 0 Å². The van der Waals surface area contributed by atoms with Gasteiger partial charge in [0.2, 0.25) is 20.8 Å². The molecule has 0 saturated heterocycles. The van der Waals surface area contributed by atoms with Crippen LogP contribution in [0.1, 0.15) is 297 Å². The van der Waals surface area contributed by atoms with Gasteiger partial charge in [0.15, 0.2) is 0 Å². The normalized spacial score (nSPS) is 12.8. The Morgan fingerprint density at radius 1 is 0.295 bits per heavy atom. The number of hydrogen-bond donors (Lipinski definition) is 0. The minimum absolute atomic E-state index is 0. The fourth-order valence-electron chi connectivity index (χ4n) is 8.31. The minimum Gasteiger partial charge on any atom is -0.726 e. The summed E-state index contributed by atoms with van der Waals surface area (Å²) in [4.78, 5) is 0. The van der Waals surface area contributed by atoms with E-state index in [1.807, 2.05) is 0 Å². The molecule has 0 aromatic heterocycles. The van der Waals surface area contributed by atoms with Crippen LogP contribution in [0.2, 0.25) is 0 Å². The molecule has 0 fully saturated rings. The van der Waals surface area contributed by atoms with Crippen molar-refractivity contribution in [1.29, 1.82) is 0 Å². The van der Waals surface area contributed by atoms with Crippen molar-refractivity contribution in [3.05, 3.63) is 0 Å². The van der Waals surface area contributed by atoms with Crippen molar-refractivity contribution >= 4 is 58.5 Å². The molecule has 0 aliphatic rings. The molecular weight excluding hydrogens is 833 g/mol. The second kappa shape index (κ2) is 52.0. The molecule has 8 nitrogen and oxygen atoms in total. The first-order valence-electron chi connectivity index (χ1n) is 26.2. The molecule has 0 aromatic rings. The minimum atomic E-state index is -4.57. The molecule has 61 heavy (non-hydrogen) atoms. The van der Waals surface area contributed by atoms with Crippen LogP contribution in [0.25, 0.3) is 0 Å². The molecule has 0 saturated carbocycles. The van der Waals surface area contributed by atoms with E-state index in [1.165, 1.54) is 218 Å². The van der Waals surface area contributed by atoms with Gasteiger partial charge < -0.3 is 9.11 Å². The van der Waals surface area contributed by atoms with Crippen LogP contribution >= 0.6 is 0 Å². The third kappa shape index (κ3) is 61.0. The van der Waals surface area contributed by atoms with Crippen molar-refractivity contribution in [3.63, 3.8) is 0 Å². The molecule has 364 valence electrons. The molecular formula is C50H102CaO8S2. The molecule has 0 spiro atoms. The molecule has 0 rings (SSSR count). The number of unbranched alkanes of at least 4 members (excludes halogenated alkanes) is 34. The summed E-state index contributed by atoms with van der Waals surface area (Å²) in [6.45, 7) is 9.11. The van der Waals surface area contributed by atoms with E-state index in [0.29, 0.717) is 0 Å². The van der Waals surface area contributed by atoms with Gasteiger partial charge >= 0.3 is 37.7 Å². The maximum atomic E-state index is 10.8. The van der Waals surface area contributed by atoms with Crippen molar-refractivity contribution in [2.45, 2.75) is 297 Å². The summed E-state index contributed by atoms with van der Waals surface area (Å²) in [7, 11) is -9.14. The zero-order valence-electron chi connectivity index (χ0n) is 41.1. The second-order valence-electron chi connectivity index (χ2n) is 18.3. The SMILES string of the molecule is CCCCCCCCCCCCCCC(CCCCCCCCC)COS(=O)(=O)[O-].CCCCCCCCCCCCCCC(CCCCCCCCC)COS(=O)(=O)[O-].[Ca+2]. The van der Waals surface area contributed by atoms with Crippen LogP contribution in [0.15, 0.2) is 0 Å². The Bertz CT molecular complexity index is 962. The zero-order chi connectivity index (χ0) is 44.7. The van der Waals surface area contributed by atoms with Crippen LogP contribution in [0.4, 0.5) is 0 Å². The molecule has 11 heteroatoms. The summed E-state index contributed by atoms with van der Waals surface area (Å²) in [5.41, 5.74) is 0. The van der Waals surface area contributed by atoms with Crippen molar-refractivity contribution < 1.29 is 34.3 Å². The van der Waals surface area contributed by atoms with E-state index in [0.717, 1.165) is 51.4 Å². The average molecular weight is 936 g/mol. The van der Waals surface area contributed by atoms with Crippen molar-refractivity contribution in [2.75, 3.05) is 13.2 Å². The molecule has 0 bridgehead atoms. The van der Waals surface area contributed by atoms with Gasteiger partial charge in [0, 0.05) is 0 Å². The second-order valence-corrected chi connectivity index (χ2v) is 20.4. The summed E-state index contributed by atoms with van der Waals surface area (Å²) < 4.78 is 74.0. The third-order valence-electron chi connectivity index (χ3n) is 12.3. The first-order valence-corrected chi connectivity index (χ1v) is 28.9. The van der Waals surface area contributed by atoms with Crippen LogP contribution in [-0.4, -0.2) is 76.9 Å². The van der Waals surface area contributed by atoms with Gasteiger partial charge in [0.25, 0.3) is 0 Å². The van der Waals surface area contributed by atoms with E-state index in [2.05, 4.69) is 36.1 Å². The Morgan fingerprint density at radius 3 is 0.590 bits per heavy atom. The van der Waals surface area contributed by atoms with Gasteiger partial charge in [-0.05, 0) is 37.5 Å². The quantitative estimate of drug-likeness (QED) is 0.0255. The molecule has 0 aliphatic heterocycles. The maximum absolute atomic E-state index is 10.8. The molecule has 0 heterocycles. The van der Waals surface area contributed by atoms with Gasteiger partial charge in [-0.15, -0.1) is 0 Å². The van der Waals surface area contributed by atoms with E-state index in [1.54, 1.807) is 0 Å². The largest absolute Gasteiger partial charge is 2.00 e. The van der Waals surface area contributed by atoms with E-state index >= 15 is 0 Å². The first kappa shape index (κ1) is 66.3. The smallest absolute Gasteiger partial charge is 0.726 e. The Labute approximate surface area is 412 Å². The fourth-order valence-corrected chi connectivity index (χ4v) is 9.03. The molecule has 0 aliphatic carbocycles. The predicted molar refractivity (Wildman–Crippen MR) is 261 cm³/mol. The van der Waals surface area contributed by atoms with E-state index < -0.39 is 20.8 Å². The first-order chi connectivity index (χ1) is 29.0. The summed E-state index contributed by atoms with van der Waals surface area (Å²) in [6.07, 6.45) is 53.1. The molecule has 2 atom stereocenters. The Balaban J connectivity index is -0.00000109. The summed E-state index contributed by atoms with van der Waals surface area (Å²) in [5, 5.41) is 0. The van der Waals surface area contributed by atoms with Crippen LogP contribution in [-0.2, 0) is 29.2 Å². The van der Waals surface area contributed by atoms with E-state index in [4.69, 9.17) is 0 Å². The van der Waals surface area contributed by atoms with Crippen molar-refractivity contribution in [2.24, 2.45) is 11.8 Å². The van der Waals surface area contributed by atoms with Gasteiger partial charge in [-0.25, -0.2) is 16.8 Å². The topological polar surface area (TPSA) is 133 Å². The van der Waals surface area contributed by atoms with E-state index in [-0.39, 0.29) is 62.8 Å². The molecule has 0 N–H and O–H groups in total. The number of rotatable bonds is 48. The number of hydrogen-bond acceptors (Lipinski definition) is 8. The molecule has 0 radical (unpaired) electrons. The summed E-state index contributed by atoms with van der Waals surface area (Å²) in [6, 6.07) is 0. The molecule has 0 amide bonds. The van der Waals surface area contributed by atoms with Gasteiger partial charge in [-0.2, -0.15) is 0 Å². The van der Waals surface area contributed by atoms with Crippen molar-refractivity contribution in [3.8, 4) is 0 Å². The Hall–Kier alpha value is 1.000. The molecule has 2 unspecified atom stereocenters. The monoisotopic (exact) mass is 935 g/mol. The average Bonchev–Trinajstić information content (AvgIpc) is 3.21. The standard InChI is InChI=1S/2C25H52O4S.Ca/c2*1-3-5-7-9-11-12-13-14-15-17-19-21-23-25(24-29-30(26,27)28)22-20-18-16-10-8-6-4-2;/h2*25H,3-24H2,1-2H3,(H,26,27,28);/q;;+2/p-2. The van der Waals surface area contributed by atoms with Crippen LogP contribution in [0, 0.1) is 11.8 Å².